The summed E-state index contributed by atoms with van der Waals surface area (Å²) in [6, 6.07) is 2.35. The highest BCUT2D eigenvalue weighted by molar-refractivity contribution is 7.17. The predicted octanol–water partition coefficient (Wildman–Crippen LogP) is 1.98. The number of rotatable bonds is 6. The van der Waals surface area contributed by atoms with Gasteiger partial charge in [0.2, 0.25) is 0 Å². The molecule has 0 bridgehead atoms. The van der Waals surface area contributed by atoms with Gasteiger partial charge in [-0.15, -0.1) is 0 Å². The van der Waals surface area contributed by atoms with Gasteiger partial charge in [-0.1, -0.05) is 18.3 Å². The van der Waals surface area contributed by atoms with Crippen LogP contribution < -0.4 is 0 Å². The van der Waals surface area contributed by atoms with E-state index in [0.717, 1.165) is 11.3 Å². The summed E-state index contributed by atoms with van der Waals surface area (Å²) in [4.78, 5) is 34.3. The van der Waals surface area contributed by atoms with Gasteiger partial charge in [0.1, 0.15) is 6.54 Å². The Labute approximate surface area is 113 Å². The molecule has 0 aliphatic carbocycles. The zero-order chi connectivity index (χ0) is 14.6. The number of hydrogen-bond donors (Lipinski definition) is 1. The molecule has 1 heterocycles. The van der Waals surface area contributed by atoms with Gasteiger partial charge in [0.15, 0.2) is 0 Å². The molecule has 0 aliphatic rings. The first-order chi connectivity index (χ1) is 8.86. The van der Waals surface area contributed by atoms with Crippen LogP contribution in [0.3, 0.4) is 0 Å². The van der Waals surface area contributed by atoms with Crippen LogP contribution in [0.4, 0.5) is 5.00 Å². The Morgan fingerprint density at radius 3 is 2.58 bits per heavy atom. The van der Waals surface area contributed by atoms with Crippen LogP contribution in [0, 0.1) is 10.1 Å². The first-order valence-electron chi connectivity index (χ1n) is 5.63. The minimum atomic E-state index is -1.11. The zero-order valence-corrected chi connectivity index (χ0v) is 11.3. The summed E-state index contributed by atoms with van der Waals surface area (Å²) in [7, 11) is 0. The molecule has 0 aromatic carbocycles. The Morgan fingerprint density at radius 2 is 2.16 bits per heavy atom. The first kappa shape index (κ1) is 15.1. The van der Waals surface area contributed by atoms with E-state index in [1.807, 2.05) is 6.92 Å². The van der Waals surface area contributed by atoms with Crippen molar-refractivity contribution in [3.8, 4) is 0 Å². The molecule has 0 spiro atoms. The average Bonchev–Trinajstić information content (AvgIpc) is 2.83. The lowest BCUT2D eigenvalue weighted by atomic mass is 10.2. The number of aliphatic carboxylic acids is 1. The third-order valence-corrected chi connectivity index (χ3v) is 3.70. The fourth-order valence-electron chi connectivity index (χ4n) is 1.48. The highest BCUT2D eigenvalue weighted by atomic mass is 32.1. The summed E-state index contributed by atoms with van der Waals surface area (Å²) in [6.45, 7) is 3.16. The van der Waals surface area contributed by atoms with Crippen LogP contribution in [0.1, 0.15) is 29.9 Å². The average molecular weight is 286 g/mol. The van der Waals surface area contributed by atoms with Crippen molar-refractivity contribution in [2.75, 3.05) is 6.54 Å². The molecule has 19 heavy (non-hydrogen) atoms. The number of thiophene rings is 1. The molecular formula is C11H14N2O5S. The second-order valence-electron chi connectivity index (χ2n) is 3.98. The van der Waals surface area contributed by atoms with Gasteiger partial charge in [-0.25, -0.2) is 0 Å². The number of nitrogens with zero attached hydrogens (tertiary/aromatic N) is 2. The van der Waals surface area contributed by atoms with Gasteiger partial charge in [-0.05, 0) is 19.4 Å². The Kier molecular flexibility index (Phi) is 4.99. The fourth-order valence-corrected chi connectivity index (χ4v) is 2.25. The largest absolute Gasteiger partial charge is 0.480 e. The van der Waals surface area contributed by atoms with Crippen LogP contribution in [-0.2, 0) is 4.79 Å². The molecule has 1 unspecified atom stereocenters. The number of carboxylic acids is 1. The number of carboxylic acid groups (broad SMARTS) is 1. The van der Waals surface area contributed by atoms with Crippen molar-refractivity contribution in [2.24, 2.45) is 0 Å². The van der Waals surface area contributed by atoms with Crippen molar-refractivity contribution in [3.63, 3.8) is 0 Å². The molecule has 0 saturated carbocycles. The van der Waals surface area contributed by atoms with E-state index in [-0.39, 0.29) is 15.9 Å². The molecule has 1 amide bonds. The maximum absolute atomic E-state index is 12.2. The van der Waals surface area contributed by atoms with Crippen molar-refractivity contribution < 1.29 is 19.6 Å². The lowest BCUT2D eigenvalue weighted by Crippen LogP contribution is -2.41. The van der Waals surface area contributed by atoms with Crippen LogP contribution in [-0.4, -0.2) is 39.4 Å². The van der Waals surface area contributed by atoms with Crippen LogP contribution in [0.2, 0.25) is 0 Å². The summed E-state index contributed by atoms with van der Waals surface area (Å²) in [5.74, 6) is -1.60. The molecular weight excluding hydrogens is 272 g/mol. The van der Waals surface area contributed by atoms with E-state index in [1.54, 1.807) is 6.92 Å². The Hall–Kier alpha value is -1.96. The number of carbonyl (C=O) groups excluding carboxylic acids is 1. The van der Waals surface area contributed by atoms with Gasteiger partial charge in [0.25, 0.3) is 5.91 Å². The van der Waals surface area contributed by atoms with Crippen molar-refractivity contribution in [1.82, 2.24) is 4.90 Å². The molecule has 7 nitrogen and oxygen atoms in total. The minimum absolute atomic E-state index is 0.136. The number of nitro groups is 1. The number of amides is 1. The van der Waals surface area contributed by atoms with Crippen LogP contribution >= 0.6 is 11.3 Å². The maximum atomic E-state index is 12.2. The number of carbonyl (C=O) groups is 2. The van der Waals surface area contributed by atoms with E-state index in [0.29, 0.717) is 6.42 Å². The maximum Gasteiger partial charge on any atom is 0.324 e. The molecule has 0 radical (unpaired) electrons. The van der Waals surface area contributed by atoms with Crippen molar-refractivity contribution in [1.29, 1.82) is 0 Å². The van der Waals surface area contributed by atoms with Crippen LogP contribution in [0.15, 0.2) is 12.1 Å². The SMILES string of the molecule is CCC(C)N(CC(=O)O)C(=O)c1ccc([N+](=O)[O-])s1. The molecule has 1 aromatic heterocycles. The normalized spacial score (nSPS) is 11.9. The Balaban J connectivity index is 2.97. The molecule has 8 heteroatoms. The fraction of sp³-hybridized carbons (Fsp3) is 0.455. The quantitative estimate of drug-likeness (QED) is 0.636. The molecule has 1 rings (SSSR count). The lowest BCUT2D eigenvalue weighted by Gasteiger charge is -2.26. The topological polar surface area (TPSA) is 101 Å². The molecule has 1 N–H and O–H groups in total. The van der Waals surface area contributed by atoms with Gasteiger partial charge in [0.05, 0.1) is 9.80 Å². The van der Waals surface area contributed by atoms with Gasteiger partial charge in [-0.2, -0.15) is 0 Å². The van der Waals surface area contributed by atoms with E-state index >= 15 is 0 Å². The smallest absolute Gasteiger partial charge is 0.324 e. The first-order valence-corrected chi connectivity index (χ1v) is 6.45. The Morgan fingerprint density at radius 1 is 1.53 bits per heavy atom. The second-order valence-corrected chi connectivity index (χ2v) is 5.04. The molecule has 1 atom stereocenters. The van der Waals surface area contributed by atoms with E-state index < -0.39 is 23.3 Å². The lowest BCUT2D eigenvalue weighted by molar-refractivity contribution is -0.380. The van der Waals surface area contributed by atoms with Crippen LogP contribution in [0.25, 0.3) is 0 Å². The third-order valence-electron chi connectivity index (χ3n) is 2.67. The van der Waals surface area contributed by atoms with E-state index in [9.17, 15) is 19.7 Å². The predicted molar refractivity (Wildman–Crippen MR) is 69.4 cm³/mol. The van der Waals surface area contributed by atoms with E-state index in [2.05, 4.69) is 0 Å². The zero-order valence-electron chi connectivity index (χ0n) is 10.5. The van der Waals surface area contributed by atoms with Crippen molar-refractivity contribution in [3.05, 3.63) is 27.1 Å². The van der Waals surface area contributed by atoms with Gasteiger partial charge in [0, 0.05) is 12.1 Å². The monoisotopic (exact) mass is 286 g/mol. The van der Waals surface area contributed by atoms with E-state index in [4.69, 9.17) is 5.11 Å². The molecule has 1 aromatic rings. The highest BCUT2D eigenvalue weighted by Crippen LogP contribution is 2.25. The Bertz CT molecular complexity index is 499. The molecule has 104 valence electrons. The van der Waals surface area contributed by atoms with Crippen molar-refractivity contribution in [2.45, 2.75) is 26.3 Å². The third kappa shape index (κ3) is 3.75. The molecule has 0 aliphatic heterocycles. The standard InChI is InChI=1S/C11H14N2O5S/c1-3-7(2)12(6-10(14)15)11(16)8-4-5-9(19-8)13(17)18/h4-5,7H,3,6H2,1-2H3,(H,14,15). The van der Waals surface area contributed by atoms with Crippen molar-refractivity contribution >= 4 is 28.2 Å². The minimum Gasteiger partial charge on any atom is -0.480 e. The van der Waals surface area contributed by atoms with Gasteiger partial charge < -0.3 is 10.0 Å². The second kappa shape index (κ2) is 6.28. The summed E-state index contributed by atoms with van der Waals surface area (Å²) < 4.78 is 0. The summed E-state index contributed by atoms with van der Waals surface area (Å²) in [5, 5.41) is 19.3. The van der Waals surface area contributed by atoms with Crippen LogP contribution in [0.5, 0.6) is 0 Å². The molecule has 0 fully saturated rings. The van der Waals surface area contributed by atoms with Gasteiger partial charge >= 0.3 is 11.0 Å². The van der Waals surface area contributed by atoms with E-state index in [1.165, 1.54) is 17.0 Å². The summed E-state index contributed by atoms with van der Waals surface area (Å²) in [5.41, 5.74) is 0. The summed E-state index contributed by atoms with van der Waals surface area (Å²) in [6.07, 6.45) is 0.604. The highest BCUT2D eigenvalue weighted by Gasteiger charge is 2.25. The summed E-state index contributed by atoms with van der Waals surface area (Å²) >= 11 is 0.749. The number of hydrogen-bond acceptors (Lipinski definition) is 5. The molecule has 0 saturated heterocycles. The van der Waals surface area contributed by atoms with Gasteiger partial charge in [-0.3, -0.25) is 19.7 Å².